The first-order chi connectivity index (χ1) is 11.1. The number of benzene rings is 1. The van der Waals surface area contributed by atoms with Gasteiger partial charge < -0.3 is 10.6 Å². The molecule has 1 aromatic carbocycles. The normalized spacial score (nSPS) is 14.0. The van der Waals surface area contributed by atoms with Crippen LogP contribution in [-0.2, 0) is 11.2 Å². The van der Waals surface area contributed by atoms with Crippen LogP contribution in [0.5, 0.6) is 0 Å². The van der Waals surface area contributed by atoms with Gasteiger partial charge in [0.1, 0.15) is 5.82 Å². The number of aryl methyl sites for hydroxylation is 1. The monoisotopic (exact) mass is 333 g/mol. The van der Waals surface area contributed by atoms with Gasteiger partial charge in [0, 0.05) is 17.5 Å². The predicted octanol–water partition coefficient (Wildman–Crippen LogP) is 3.12. The molecule has 4 nitrogen and oxygen atoms in total. The van der Waals surface area contributed by atoms with E-state index in [0.717, 1.165) is 22.9 Å². The zero-order valence-corrected chi connectivity index (χ0v) is 13.9. The number of halogens is 1. The minimum Gasteiger partial charge on any atom is -0.308 e. The smallest absolute Gasteiger partial charge is 0.240 e. The van der Waals surface area contributed by atoms with Crippen molar-refractivity contribution in [2.24, 2.45) is 5.92 Å². The van der Waals surface area contributed by atoms with Crippen LogP contribution in [0.15, 0.2) is 24.4 Å². The third kappa shape index (κ3) is 4.84. The van der Waals surface area contributed by atoms with E-state index >= 15 is 0 Å². The van der Waals surface area contributed by atoms with Crippen LogP contribution in [-0.4, -0.2) is 24.0 Å². The van der Waals surface area contributed by atoms with Gasteiger partial charge in [-0.1, -0.05) is 12.1 Å². The highest BCUT2D eigenvalue weighted by molar-refractivity contribution is 7.15. The Hall–Kier alpha value is -1.79. The fourth-order valence-corrected chi connectivity index (χ4v) is 3.13. The van der Waals surface area contributed by atoms with Gasteiger partial charge in [0.05, 0.1) is 6.54 Å². The molecule has 1 fully saturated rings. The number of nitrogens with zero attached hydrogens (tertiary/aromatic N) is 1. The fraction of sp³-hybridized carbons (Fsp3) is 0.412. The maximum absolute atomic E-state index is 13.6. The van der Waals surface area contributed by atoms with E-state index in [2.05, 4.69) is 15.6 Å². The SMILES string of the molecule is Cc1ccc(Cc2cnc(NC(=O)CNCC3CC3)s2)cc1F. The zero-order valence-electron chi connectivity index (χ0n) is 13.1. The van der Waals surface area contributed by atoms with Crippen molar-refractivity contribution in [2.75, 3.05) is 18.4 Å². The first-order valence-electron chi connectivity index (χ1n) is 7.80. The van der Waals surface area contributed by atoms with Gasteiger partial charge in [-0.15, -0.1) is 11.3 Å². The van der Waals surface area contributed by atoms with E-state index in [9.17, 15) is 9.18 Å². The molecule has 0 spiro atoms. The Morgan fingerprint density at radius 1 is 1.43 bits per heavy atom. The number of nitrogens with one attached hydrogen (secondary N) is 2. The molecule has 0 saturated heterocycles. The van der Waals surface area contributed by atoms with Gasteiger partial charge in [-0.2, -0.15) is 0 Å². The standard InChI is InChI=1S/C17H20FN3OS/c1-11-2-3-13(7-15(11)18)6-14-9-20-17(23-14)21-16(22)10-19-8-12-4-5-12/h2-3,7,9,12,19H,4-6,8,10H2,1H3,(H,20,21,22). The number of aromatic nitrogens is 1. The summed E-state index contributed by atoms with van der Waals surface area (Å²) in [6, 6.07) is 5.24. The van der Waals surface area contributed by atoms with Gasteiger partial charge in [-0.05, 0) is 49.4 Å². The number of thiazole rings is 1. The van der Waals surface area contributed by atoms with E-state index in [1.54, 1.807) is 25.3 Å². The van der Waals surface area contributed by atoms with Gasteiger partial charge in [0.25, 0.3) is 0 Å². The number of hydrogen-bond donors (Lipinski definition) is 2. The highest BCUT2D eigenvalue weighted by Crippen LogP contribution is 2.27. The Kier molecular flexibility index (Phi) is 5.03. The summed E-state index contributed by atoms with van der Waals surface area (Å²) in [5.74, 6) is 0.486. The lowest BCUT2D eigenvalue weighted by Crippen LogP contribution is -2.29. The van der Waals surface area contributed by atoms with Crippen molar-refractivity contribution in [3.8, 4) is 0 Å². The van der Waals surface area contributed by atoms with E-state index in [-0.39, 0.29) is 11.7 Å². The molecule has 1 aliphatic rings. The van der Waals surface area contributed by atoms with Crippen molar-refractivity contribution in [1.82, 2.24) is 10.3 Å². The Labute approximate surface area is 139 Å². The molecule has 1 amide bonds. The van der Waals surface area contributed by atoms with Crippen molar-refractivity contribution in [3.05, 3.63) is 46.2 Å². The van der Waals surface area contributed by atoms with E-state index in [1.807, 2.05) is 6.07 Å². The van der Waals surface area contributed by atoms with Crippen LogP contribution < -0.4 is 10.6 Å². The third-order valence-corrected chi connectivity index (χ3v) is 4.74. The van der Waals surface area contributed by atoms with Crippen LogP contribution in [0.2, 0.25) is 0 Å². The van der Waals surface area contributed by atoms with Crippen molar-refractivity contribution < 1.29 is 9.18 Å². The Morgan fingerprint density at radius 3 is 3.00 bits per heavy atom. The molecule has 2 aromatic rings. The summed E-state index contributed by atoms with van der Waals surface area (Å²) in [6.07, 6.45) is 4.88. The van der Waals surface area contributed by atoms with E-state index < -0.39 is 0 Å². The molecule has 0 atom stereocenters. The van der Waals surface area contributed by atoms with Gasteiger partial charge in [-0.25, -0.2) is 9.37 Å². The molecule has 2 N–H and O–H groups in total. The van der Waals surface area contributed by atoms with Crippen LogP contribution in [0.25, 0.3) is 0 Å². The van der Waals surface area contributed by atoms with Crippen LogP contribution in [0.1, 0.15) is 28.8 Å². The van der Waals surface area contributed by atoms with Gasteiger partial charge in [-0.3, -0.25) is 4.79 Å². The third-order valence-electron chi connectivity index (χ3n) is 3.83. The molecule has 1 heterocycles. The number of anilines is 1. The number of hydrogen-bond acceptors (Lipinski definition) is 4. The maximum atomic E-state index is 13.6. The van der Waals surface area contributed by atoms with Crippen molar-refractivity contribution in [3.63, 3.8) is 0 Å². The summed E-state index contributed by atoms with van der Waals surface area (Å²) in [5, 5.41) is 6.53. The molecule has 0 aliphatic heterocycles. The second-order valence-electron chi connectivity index (χ2n) is 6.01. The average molecular weight is 333 g/mol. The fourth-order valence-electron chi connectivity index (χ4n) is 2.27. The summed E-state index contributed by atoms with van der Waals surface area (Å²) < 4.78 is 13.6. The van der Waals surface area contributed by atoms with Crippen molar-refractivity contribution in [2.45, 2.75) is 26.2 Å². The Morgan fingerprint density at radius 2 is 2.26 bits per heavy atom. The minimum atomic E-state index is -0.192. The molecule has 0 unspecified atom stereocenters. The number of carbonyl (C=O) groups is 1. The van der Waals surface area contributed by atoms with Crippen molar-refractivity contribution in [1.29, 1.82) is 0 Å². The Bertz CT molecular complexity index is 697. The molecule has 6 heteroatoms. The lowest BCUT2D eigenvalue weighted by Gasteiger charge is -2.03. The highest BCUT2D eigenvalue weighted by atomic mass is 32.1. The first-order valence-corrected chi connectivity index (χ1v) is 8.62. The molecular weight excluding hydrogens is 313 g/mol. The van der Waals surface area contributed by atoms with Crippen LogP contribution >= 0.6 is 11.3 Å². The zero-order chi connectivity index (χ0) is 16.2. The Balaban J connectivity index is 1.50. The van der Waals surface area contributed by atoms with Crippen LogP contribution in [0, 0.1) is 18.7 Å². The van der Waals surface area contributed by atoms with Crippen LogP contribution in [0.4, 0.5) is 9.52 Å². The minimum absolute atomic E-state index is 0.0760. The molecule has 1 saturated carbocycles. The lowest BCUT2D eigenvalue weighted by atomic mass is 10.1. The molecular formula is C17H20FN3OS. The molecule has 0 bridgehead atoms. The summed E-state index contributed by atoms with van der Waals surface area (Å²) >= 11 is 1.42. The number of rotatable bonds is 7. The predicted molar refractivity (Wildman–Crippen MR) is 90.3 cm³/mol. The van der Waals surface area contributed by atoms with E-state index in [0.29, 0.717) is 23.7 Å². The number of carbonyl (C=O) groups excluding carboxylic acids is 1. The molecule has 23 heavy (non-hydrogen) atoms. The molecule has 3 rings (SSSR count). The van der Waals surface area contributed by atoms with Gasteiger partial charge in [0.15, 0.2) is 5.13 Å². The average Bonchev–Trinajstić information content (AvgIpc) is 3.23. The largest absolute Gasteiger partial charge is 0.308 e. The lowest BCUT2D eigenvalue weighted by molar-refractivity contribution is -0.115. The maximum Gasteiger partial charge on any atom is 0.240 e. The van der Waals surface area contributed by atoms with E-state index in [1.165, 1.54) is 24.2 Å². The topological polar surface area (TPSA) is 54.0 Å². The van der Waals surface area contributed by atoms with Gasteiger partial charge >= 0.3 is 0 Å². The summed E-state index contributed by atoms with van der Waals surface area (Å²) in [7, 11) is 0. The second-order valence-corrected chi connectivity index (χ2v) is 7.13. The van der Waals surface area contributed by atoms with E-state index in [4.69, 9.17) is 0 Å². The molecule has 122 valence electrons. The van der Waals surface area contributed by atoms with Crippen LogP contribution in [0.3, 0.4) is 0 Å². The second kappa shape index (κ2) is 7.19. The number of amides is 1. The quantitative estimate of drug-likeness (QED) is 0.818. The summed E-state index contributed by atoms with van der Waals surface area (Å²) in [5.41, 5.74) is 1.55. The molecule has 1 aliphatic carbocycles. The molecule has 0 radical (unpaired) electrons. The highest BCUT2D eigenvalue weighted by Gasteiger charge is 2.20. The summed E-state index contributed by atoms with van der Waals surface area (Å²) in [4.78, 5) is 17.0. The first kappa shape index (κ1) is 16.1. The van der Waals surface area contributed by atoms with Crippen molar-refractivity contribution >= 4 is 22.4 Å². The molecule has 1 aromatic heterocycles. The summed E-state index contributed by atoms with van der Waals surface area (Å²) in [6.45, 7) is 2.97. The van der Waals surface area contributed by atoms with Gasteiger partial charge in [0.2, 0.25) is 5.91 Å².